The molecule has 1 N–H and O–H groups in total. The Morgan fingerprint density at radius 2 is 1.63 bits per heavy atom. The van der Waals surface area contributed by atoms with E-state index in [1.807, 2.05) is 37.3 Å². The Hall–Kier alpha value is -4.65. The lowest BCUT2D eigenvalue weighted by molar-refractivity contribution is -0.385. The van der Waals surface area contributed by atoms with Gasteiger partial charge in [-0.1, -0.05) is 78.7 Å². The number of anilines is 1. The molecule has 0 aromatic heterocycles. The van der Waals surface area contributed by atoms with Crippen LogP contribution in [0.15, 0.2) is 95.9 Å². The average Bonchev–Trinajstić information content (AvgIpc) is 3.07. The third kappa shape index (κ3) is 9.28. The first-order chi connectivity index (χ1) is 23.3. The number of sulfonamides is 1. The van der Waals surface area contributed by atoms with E-state index in [1.54, 1.807) is 24.3 Å². The highest BCUT2D eigenvalue weighted by Crippen LogP contribution is 2.36. The number of nitro groups is 1. The van der Waals surface area contributed by atoms with E-state index in [0.717, 1.165) is 15.9 Å². The van der Waals surface area contributed by atoms with Crippen molar-refractivity contribution in [2.45, 2.75) is 44.2 Å². The average molecular weight is 728 g/mol. The van der Waals surface area contributed by atoms with Crippen LogP contribution in [0.25, 0.3) is 0 Å². The van der Waals surface area contributed by atoms with E-state index in [2.05, 4.69) is 5.32 Å². The van der Waals surface area contributed by atoms with Crippen LogP contribution < -0.4 is 14.4 Å². The molecule has 4 rings (SSSR count). The van der Waals surface area contributed by atoms with Gasteiger partial charge < -0.3 is 15.0 Å². The largest absolute Gasteiger partial charge is 0.495 e. The maximum Gasteiger partial charge on any atom is 0.273 e. The third-order valence-corrected chi connectivity index (χ3v) is 9.94. The fourth-order valence-electron chi connectivity index (χ4n) is 5.20. The molecule has 0 aliphatic heterocycles. The molecular weight excluding hydrogens is 691 g/mol. The minimum absolute atomic E-state index is 0.0744. The molecular formula is C35H36Cl2N4O7S. The summed E-state index contributed by atoms with van der Waals surface area (Å²) in [6.45, 7) is 2.84. The van der Waals surface area contributed by atoms with Crippen molar-refractivity contribution >= 4 is 56.4 Å². The molecule has 0 aliphatic rings. The molecule has 11 nitrogen and oxygen atoms in total. The van der Waals surface area contributed by atoms with Crippen LogP contribution in [-0.4, -0.2) is 56.3 Å². The molecule has 4 aromatic carbocycles. The number of nitrogens with one attached hydrogen (secondary N) is 1. The van der Waals surface area contributed by atoms with Gasteiger partial charge in [-0.25, -0.2) is 8.42 Å². The van der Waals surface area contributed by atoms with Gasteiger partial charge in [0, 0.05) is 41.2 Å². The molecule has 0 heterocycles. The van der Waals surface area contributed by atoms with Crippen molar-refractivity contribution in [1.82, 2.24) is 10.2 Å². The summed E-state index contributed by atoms with van der Waals surface area (Å²) in [6, 6.07) is 22.6. The first-order valence-electron chi connectivity index (χ1n) is 15.3. The zero-order chi connectivity index (χ0) is 35.7. The van der Waals surface area contributed by atoms with Crippen LogP contribution in [0.3, 0.4) is 0 Å². The van der Waals surface area contributed by atoms with Gasteiger partial charge in [0.25, 0.3) is 15.7 Å². The summed E-state index contributed by atoms with van der Waals surface area (Å²) in [4.78, 5) is 40.4. The molecule has 0 unspecified atom stereocenters. The summed E-state index contributed by atoms with van der Waals surface area (Å²) in [6.07, 6.45) is 0.773. The van der Waals surface area contributed by atoms with E-state index < -0.39 is 49.9 Å². The lowest BCUT2D eigenvalue weighted by atomic mass is 10.0. The summed E-state index contributed by atoms with van der Waals surface area (Å²) >= 11 is 12.6. The maximum absolute atomic E-state index is 14.6. The van der Waals surface area contributed by atoms with Gasteiger partial charge in [0.05, 0.1) is 22.6 Å². The van der Waals surface area contributed by atoms with Crippen LogP contribution in [0, 0.1) is 17.0 Å². The van der Waals surface area contributed by atoms with E-state index in [0.29, 0.717) is 23.6 Å². The molecule has 14 heteroatoms. The topological polar surface area (TPSA) is 139 Å². The Labute approximate surface area is 295 Å². The summed E-state index contributed by atoms with van der Waals surface area (Å²) < 4.78 is 35.1. The lowest BCUT2D eigenvalue weighted by Crippen LogP contribution is -2.53. The predicted octanol–water partition coefficient (Wildman–Crippen LogP) is 6.58. The monoisotopic (exact) mass is 726 g/mol. The molecule has 0 radical (unpaired) electrons. The minimum atomic E-state index is -4.68. The molecule has 1 atom stereocenters. The fourth-order valence-corrected chi connectivity index (χ4v) is 7.01. The van der Waals surface area contributed by atoms with Crippen molar-refractivity contribution in [2.75, 3.05) is 24.5 Å². The van der Waals surface area contributed by atoms with Crippen LogP contribution in [-0.2, 0) is 32.6 Å². The zero-order valence-electron chi connectivity index (χ0n) is 27.1. The van der Waals surface area contributed by atoms with E-state index in [-0.39, 0.29) is 35.0 Å². The van der Waals surface area contributed by atoms with Gasteiger partial charge in [0.1, 0.15) is 18.3 Å². The SMILES string of the molecule is CCCNC(=O)[C@H](Cc1ccccc1)N(Cc1cccc(Cl)c1)C(=O)CN(c1cc(Cl)ccc1OC)S(=O)(=O)c1ccc(C)c([N+](=O)[O-])c1. The Kier molecular flexibility index (Phi) is 12.6. The quantitative estimate of drug-likeness (QED) is 0.108. The smallest absolute Gasteiger partial charge is 0.273 e. The summed E-state index contributed by atoms with van der Waals surface area (Å²) in [5.41, 5.74) is 1.14. The number of methoxy groups -OCH3 is 1. The molecule has 0 saturated carbocycles. The predicted molar refractivity (Wildman–Crippen MR) is 190 cm³/mol. The second-order valence-corrected chi connectivity index (χ2v) is 13.9. The summed E-state index contributed by atoms with van der Waals surface area (Å²) in [5, 5.41) is 15.2. The van der Waals surface area contributed by atoms with E-state index in [9.17, 15) is 28.1 Å². The molecule has 4 aromatic rings. The second kappa shape index (κ2) is 16.6. The van der Waals surface area contributed by atoms with Crippen LogP contribution in [0.4, 0.5) is 11.4 Å². The number of amides is 2. The molecule has 0 spiro atoms. The van der Waals surface area contributed by atoms with Crippen LogP contribution in [0.5, 0.6) is 5.75 Å². The fraction of sp³-hybridized carbons (Fsp3) is 0.257. The van der Waals surface area contributed by atoms with Crippen molar-refractivity contribution < 1.29 is 27.7 Å². The van der Waals surface area contributed by atoms with Gasteiger partial charge in [-0.3, -0.25) is 24.0 Å². The van der Waals surface area contributed by atoms with Crippen molar-refractivity contribution in [3.63, 3.8) is 0 Å². The van der Waals surface area contributed by atoms with Gasteiger partial charge in [-0.2, -0.15) is 0 Å². The number of carbonyl (C=O) groups is 2. The molecule has 258 valence electrons. The standard InChI is InChI=1S/C35H36Cl2N4O7S/c1-4-17-38-35(43)32(19-25-9-6-5-7-10-25)39(22-26-11-8-12-27(36)18-26)34(42)23-40(31-20-28(37)14-16-33(31)48-3)49(46,47)29-15-13-24(2)30(21-29)41(44)45/h5-16,18,20-21,32H,4,17,19,22-23H2,1-3H3,(H,38,43)/t32-/m0/s1. The van der Waals surface area contributed by atoms with E-state index in [1.165, 1.54) is 49.3 Å². The molecule has 49 heavy (non-hydrogen) atoms. The highest BCUT2D eigenvalue weighted by Gasteiger charge is 2.36. The number of halogens is 2. The van der Waals surface area contributed by atoms with Crippen molar-refractivity contribution in [3.05, 3.63) is 128 Å². The third-order valence-electron chi connectivity index (χ3n) is 7.72. The number of aryl methyl sites for hydroxylation is 1. The van der Waals surface area contributed by atoms with Gasteiger partial charge in [0.2, 0.25) is 11.8 Å². The Morgan fingerprint density at radius 3 is 2.29 bits per heavy atom. The van der Waals surface area contributed by atoms with Crippen LogP contribution in [0.2, 0.25) is 10.0 Å². The molecule has 2 amide bonds. The Morgan fingerprint density at radius 1 is 0.939 bits per heavy atom. The van der Waals surface area contributed by atoms with Gasteiger partial charge in [-0.15, -0.1) is 0 Å². The number of hydrogen-bond donors (Lipinski definition) is 1. The van der Waals surface area contributed by atoms with Gasteiger partial charge in [-0.05, 0) is 60.9 Å². The zero-order valence-corrected chi connectivity index (χ0v) is 29.5. The number of benzene rings is 4. The number of hydrogen-bond acceptors (Lipinski definition) is 7. The van der Waals surface area contributed by atoms with Gasteiger partial charge >= 0.3 is 0 Å². The van der Waals surface area contributed by atoms with Gasteiger partial charge in [0.15, 0.2) is 0 Å². The van der Waals surface area contributed by atoms with Crippen LogP contribution >= 0.6 is 23.2 Å². The summed E-state index contributed by atoms with van der Waals surface area (Å²) in [7, 11) is -3.35. The second-order valence-electron chi connectivity index (χ2n) is 11.2. The first-order valence-corrected chi connectivity index (χ1v) is 17.5. The maximum atomic E-state index is 14.6. The highest BCUT2D eigenvalue weighted by atomic mass is 35.5. The number of ether oxygens (including phenoxy) is 1. The normalized spacial score (nSPS) is 11.8. The number of carbonyl (C=O) groups excluding carboxylic acids is 2. The Bertz CT molecular complexity index is 1930. The Balaban J connectivity index is 1.89. The van der Waals surface area contributed by atoms with E-state index in [4.69, 9.17) is 27.9 Å². The molecule has 0 bridgehead atoms. The van der Waals surface area contributed by atoms with Crippen molar-refractivity contribution in [2.24, 2.45) is 0 Å². The molecule has 0 saturated heterocycles. The van der Waals surface area contributed by atoms with Crippen molar-refractivity contribution in [1.29, 1.82) is 0 Å². The number of rotatable bonds is 15. The number of nitro benzene ring substituents is 1. The van der Waals surface area contributed by atoms with Crippen molar-refractivity contribution in [3.8, 4) is 5.75 Å². The molecule has 0 aliphatic carbocycles. The molecule has 0 fully saturated rings. The minimum Gasteiger partial charge on any atom is -0.495 e. The highest BCUT2D eigenvalue weighted by molar-refractivity contribution is 7.92. The van der Waals surface area contributed by atoms with Crippen LogP contribution in [0.1, 0.15) is 30.0 Å². The lowest BCUT2D eigenvalue weighted by Gasteiger charge is -2.34. The van der Waals surface area contributed by atoms with E-state index >= 15 is 0 Å². The number of nitrogens with zero attached hydrogens (tertiary/aromatic N) is 3. The first kappa shape index (κ1) is 37.2. The summed E-state index contributed by atoms with van der Waals surface area (Å²) in [5.74, 6) is -1.09.